The van der Waals surface area contributed by atoms with E-state index in [1.54, 1.807) is 11.8 Å². The van der Waals surface area contributed by atoms with Crippen molar-refractivity contribution in [1.82, 2.24) is 9.97 Å². The molecule has 1 fully saturated rings. The monoisotopic (exact) mass is 426 g/mol. The van der Waals surface area contributed by atoms with Gasteiger partial charge in [-0.3, -0.25) is 0 Å². The average molecular weight is 427 g/mol. The summed E-state index contributed by atoms with van der Waals surface area (Å²) in [7, 11) is 0. The molecule has 0 aliphatic carbocycles. The number of rotatable bonds is 4. The predicted octanol–water partition coefficient (Wildman–Crippen LogP) is 5.52. The van der Waals surface area contributed by atoms with Crippen LogP contribution in [0.15, 0.2) is 41.3 Å². The van der Waals surface area contributed by atoms with Crippen LogP contribution in [0.4, 0.5) is 10.3 Å². The number of para-hydroxylation sites is 1. The summed E-state index contributed by atoms with van der Waals surface area (Å²) in [5.41, 5.74) is 3.64. The molecule has 0 spiro atoms. The van der Waals surface area contributed by atoms with E-state index in [9.17, 15) is 0 Å². The number of piperazine rings is 1. The van der Waals surface area contributed by atoms with Crippen molar-refractivity contribution in [3.05, 3.63) is 42.0 Å². The van der Waals surface area contributed by atoms with Crippen molar-refractivity contribution in [2.45, 2.75) is 18.2 Å². The number of hydrogen-bond acceptors (Lipinski definition) is 7. The summed E-state index contributed by atoms with van der Waals surface area (Å²) in [5, 5.41) is 2.30. The van der Waals surface area contributed by atoms with Crippen molar-refractivity contribution in [3.63, 3.8) is 0 Å². The zero-order valence-electron chi connectivity index (χ0n) is 16.0. The number of thiazole rings is 2. The second-order valence-corrected chi connectivity index (χ2v) is 9.82. The van der Waals surface area contributed by atoms with Crippen molar-refractivity contribution in [3.8, 4) is 0 Å². The van der Waals surface area contributed by atoms with Crippen LogP contribution in [0.3, 0.4) is 0 Å². The summed E-state index contributed by atoms with van der Waals surface area (Å²) < 4.78 is 2.58. The van der Waals surface area contributed by atoms with E-state index in [1.807, 2.05) is 22.7 Å². The van der Waals surface area contributed by atoms with E-state index in [0.717, 1.165) is 48.4 Å². The Morgan fingerprint density at radius 2 is 1.64 bits per heavy atom. The lowest BCUT2D eigenvalue weighted by molar-refractivity contribution is 0.651. The quantitative estimate of drug-likeness (QED) is 0.401. The molecule has 1 aliphatic heterocycles. The lowest BCUT2D eigenvalue weighted by atomic mass is 10.1. The summed E-state index contributed by atoms with van der Waals surface area (Å²) in [6.45, 7) is 6.17. The van der Waals surface area contributed by atoms with Crippen LogP contribution in [0.2, 0.25) is 0 Å². The zero-order chi connectivity index (χ0) is 19.1. The Bertz CT molecular complexity index is 1130. The van der Waals surface area contributed by atoms with E-state index in [4.69, 9.17) is 9.97 Å². The minimum absolute atomic E-state index is 0.992. The molecule has 0 N–H and O–H groups in total. The van der Waals surface area contributed by atoms with Gasteiger partial charge in [0.05, 0.1) is 20.4 Å². The molecule has 4 nitrogen and oxygen atoms in total. The number of benzene rings is 2. The van der Waals surface area contributed by atoms with Gasteiger partial charge in [0, 0.05) is 31.1 Å². The molecule has 144 valence electrons. The van der Waals surface area contributed by atoms with Crippen LogP contribution >= 0.6 is 34.4 Å². The Morgan fingerprint density at radius 1 is 0.929 bits per heavy atom. The molecule has 2 aromatic heterocycles. The van der Waals surface area contributed by atoms with Gasteiger partial charge < -0.3 is 9.80 Å². The number of nitrogens with zero attached hydrogens (tertiary/aromatic N) is 4. The molecule has 0 bridgehead atoms. The van der Waals surface area contributed by atoms with E-state index in [0.29, 0.717) is 0 Å². The van der Waals surface area contributed by atoms with Crippen molar-refractivity contribution >= 4 is 65.1 Å². The maximum Gasteiger partial charge on any atom is 0.186 e. The Hall–Kier alpha value is -1.83. The molecular formula is C21H22N4S3. The smallest absolute Gasteiger partial charge is 0.186 e. The van der Waals surface area contributed by atoms with Gasteiger partial charge in [-0.25, -0.2) is 9.97 Å². The number of aromatic nitrogens is 2. The fourth-order valence-corrected chi connectivity index (χ4v) is 6.29. The third-order valence-electron chi connectivity index (χ3n) is 5.28. The van der Waals surface area contributed by atoms with Gasteiger partial charge in [-0.2, -0.15) is 0 Å². The SMILES string of the molecule is CCc1cccc2sc(N3CCN(c4nc5ccc(SC)cc5s4)CC3)nc12. The highest BCUT2D eigenvalue weighted by Gasteiger charge is 2.22. The molecule has 4 aromatic rings. The van der Waals surface area contributed by atoms with Gasteiger partial charge in [0.25, 0.3) is 0 Å². The molecule has 0 amide bonds. The summed E-state index contributed by atoms with van der Waals surface area (Å²) in [6, 6.07) is 13.1. The first kappa shape index (κ1) is 18.2. The highest BCUT2D eigenvalue weighted by atomic mass is 32.2. The number of aryl methyl sites for hydroxylation is 1. The number of fused-ring (bicyclic) bond motifs is 2. The van der Waals surface area contributed by atoms with Crippen molar-refractivity contribution in [2.75, 3.05) is 42.2 Å². The zero-order valence-corrected chi connectivity index (χ0v) is 18.5. The van der Waals surface area contributed by atoms with E-state index < -0.39 is 0 Å². The summed E-state index contributed by atoms with van der Waals surface area (Å²) in [5.74, 6) is 0. The second kappa shape index (κ2) is 7.54. The second-order valence-electron chi connectivity index (χ2n) is 6.92. The van der Waals surface area contributed by atoms with Crippen LogP contribution < -0.4 is 9.80 Å². The Labute approximate surface area is 177 Å². The third-order valence-corrected chi connectivity index (χ3v) is 8.16. The van der Waals surface area contributed by atoms with Gasteiger partial charge in [0.1, 0.15) is 0 Å². The van der Waals surface area contributed by atoms with Gasteiger partial charge in [0.15, 0.2) is 10.3 Å². The molecular weight excluding hydrogens is 404 g/mol. The van der Waals surface area contributed by atoms with Gasteiger partial charge in [-0.05, 0) is 42.5 Å². The molecule has 0 saturated carbocycles. The number of anilines is 2. The number of thioether (sulfide) groups is 1. The molecule has 0 unspecified atom stereocenters. The topological polar surface area (TPSA) is 32.3 Å². The fraction of sp³-hybridized carbons (Fsp3) is 0.333. The molecule has 0 radical (unpaired) electrons. The molecule has 3 heterocycles. The van der Waals surface area contributed by atoms with E-state index in [-0.39, 0.29) is 0 Å². The first-order valence-corrected chi connectivity index (χ1v) is 12.4. The first-order valence-electron chi connectivity index (χ1n) is 9.58. The van der Waals surface area contributed by atoms with E-state index in [2.05, 4.69) is 59.4 Å². The van der Waals surface area contributed by atoms with Gasteiger partial charge in [-0.15, -0.1) is 11.8 Å². The number of hydrogen-bond donors (Lipinski definition) is 0. The van der Waals surface area contributed by atoms with Crippen LogP contribution in [-0.4, -0.2) is 42.4 Å². The summed E-state index contributed by atoms with van der Waals surface area (Å²) in [6.07, 6.45) is 3.15. The molecule has 5 rings (SSSR count). The minimum atomic E-state index is 0.992. The predicted molar refractivity (Wildman–Crippen MR) is 125 cm³/mol. The largest absolute Gasteiger partial charge is 0.345 e. The van der Waals surface area contributed by atoms with Crippen LogP contribution in [-0.2, 0) is 6.42 Å². The minimum Gasteiger partial charge on any atom is -0.345 e. The van der Waals surface area contributed by atoms with E-state index in [1.165, 1.54) is 25.4 Å². The van der Waals surface area contributed by atoms with Gasteiger partial charge in [0.2, 0.25) is 0 Å². The lowest BCUT2D eigenvalue weighted by Crippen LogP contribution is -2.46. The van der Waals surface area contributed by atoms with Crippen LogP contribution in [0, 0.1) is 0 Å². The van der Waals surface area contributed by atoms with Crippen LogP contribution in [0.5, 0.6) is 0 Å². The van der Waals surface area contributed by atoms with Crippen LogP contribution in [0.1, 0.15) is 12.5 Å². The molecule has 1 saturated heterocycles. The average Bonchev–Trinajstić information content (AvgIpc) is 3.37. The highest BCUT2D eigenvalue weighted by molar-refractivity contribution is 7.98. The summed E-state index contributed by atoms with van der Waals surface area (Å²) in [4.78, 5) is 16.0. The Kier molecular flexibility index (Phi) is 4.90. The van der Waals surface area contributed by atoms with E-state index >= 15 is 0 Å². The summed E-state index contributed by atoms with van der Waals surface area (Å²) >= 11 is 5.41. The maximum atomic E-state index is 4.97. The molecule has 1 aliphatic rings. The van der Waals surface area contributed by atoms with Crippen molar-refractivity contribution in [1.29, 1.82) is 0 Å². The molecule has 2 aromatic carbocycles. The first-order chi connectivity index (χ1) is 13.7. The molecule has 28 heavy (non-hydrogen) atoms. The standard InChI is InChI=1S/C21H22N4S3/c1-3-14-5-4-6-17-19(14)23-21(27-17)25-11-9-24(10-12-25)20-22-16-8-7-15(26-2)13-18(16)28-20/h4-8,13H,3,9-12H2,1-2H3. The fourth-order valence-electron chi connectivity index (χ4n) is 3.66. The Morgan fingerprint density at radius 3 is 2.36 bits per heavy atom. The molecule has 7 heteroatoms. The molecule has 0 atom stereocenters. The van der Waals surface area contributed by atoms with Crippen LogP contribution in [0.25, 0.3) is 20.4 Å². The Balaban J connectivity index is 1.33. The van der Waals surface area contributed by atoms with Gasteiger partial charge >= 0.3 is 0 Å². The van der Waals surface area contributed by atoms with Gasteiger partial charge in [-0.1, -0.05) is 41.7 Å². The maximum absolute atomic E-state index is 4.97. The van der Waals surface area contributed by atoms with Crippen molar-refractivity contribution < 1.29 is 0 Å². The normalized spacial score (nSPS) is 15.1. The van der Waals surface area contributed by atoms with Crippen molar-refractivity contribution in [2.24, 2.45) is 0 Å². The lowest BCUT2D eigenvalue weighted by Gasteiger charge is -2.34. The highest BCUT2D eigenvalue weighted by Crippen LogP contribution is 2.34. The third kappa shape index (κ3) is 3.25.